The van der Waals surface area contributed by atoms with Gasteiger partial charge in [0.1, 0.15) is 6.54 Å². The van der Waals surface area contributed by atoms with Crippen LogP contribution < -0.4 is 16.4 Å². The van der Waals surface area contributed by atoms with E-state index in [9.17, 15) is 29.3 Å². The van der Waals surface area contributed by atoms with E-state index >= 15 is 0 Å². The molecule has 31 heavy (non-hydrogen) atoms. The number of carbonyl (C=O) groups is 2. The number of nitrogens with zero attached hydrogens (tertiary/aromatic N) is 2. The third kappa shape index (κ3) is 4.78. The number of anilines is 1. The Balaban J connectivity index is 1.71. The number of hydrogen-bond acceptors (Lipinski definition) is 7. The van der Waals surface area contributed by atoms with E-state index in [0.29, 0.717) is 0 Å². The third-order valence-electron chi connectivity index (χ3n) is 4.27. The molecule has 0 spiro atoms. The van der Waals surface area contributed by atoms with Crippen LogP contribution in [-0.4, -0.2) is 32.7 Å². The molecule has 3 rings (SSSR count). The maximum absolute atomic E-state index is 12.4. The number of nitro groups is 1. The first kappa shape index (κ1) is 21.7. The van der Waals surface area contributed by atoms with Gasteiger partial charge in [0.25, 0.3) is 22.7 Å². The van der Waals surface area contributed by atoms with Gasteiger partial charge >= 0.3 is 5.97 Å². The minimum atomic E-state index is -1.31. The van der Waals surface area contributed by atoms with Crippen LogP contribution in [0, 0.1) is 10.1 Å². The number of amides is 1. The van der Waals surface area contributed by atoms with Crippen molar-refractivity contribution in [2.45, 2.75) is 19.6 Å². The largest absolute Gasteiger partial charge is 0.451 e. The SMILES string of the molecule is CC(OC(=O)Cn1[nH]c(=O)c2ccccc2c1=O)C(=O)Nc1cc([N+](=O)[O-])ccc1Cl. The summed E-state index contributed by atoms with van der Waals surface area (Å²) in [5.74, 6) is -1.75. The van der Waals surface area contributed by atoms with Gasteiger partial charge in [-0.05, 0) is 25.1 Å². The highest BCUT2D eigenvalue weighted by Gasteiger charge is 2.21. The average Bonchev–Trinajstić information content (AvgIpc) is 2.73. The van der Waals surface area contributed by atoms with Crippen molar-refractivity contribution in [1.82, 2.24) is 9.78 Å². The Morgan fingerprint density at radius 3 is 2.58 bits per heavy atom. The fourth-order valence-electron chi connectivity index (χ4n) is 2.73. The van der Waals surface area contributed by atoms with Gasteiger partial charge in [-0.3, -0.25) is 34.4 Å². The molecule has 0 saturated heterocycles. The maximum Gasteiger partial charge on any atom is 0.328 e. The second kappa shape index (κ2) is 8.79. The molecule has 1 heterocycles. The zero-order valence-corrected chi connectivity index (χ0v) is 16.7. The molecule has 11 nitrogen and oxygen atoms in total. The molecular weight excluding hydrogens is 432 g/mol. The first-order valence-electron chi connectivity index (χ1n) is 8.83. The Labute approximate surface area is 178 Å². The number of hydrogen-bond donors (Lipinski definition) is 2. The van der Waals surface area contributed by atoms with E-state index in [1.807, 2.05) is 0 Å². The fraction of sp³-hybridized carbons (Fsp3) is 0.158. The van der Waals surface area contributed by atoms with Gasteiger partial charge in [-0.15, -0.1) is 0 Å². The summed E-state index contributed by atoms with van der Waals surface area (Å²) in [5.41, 5.74) is -1.48. The summed E-state index contributed by atoms with van der Waals surface area (Å²) in [5, 5.41) is 15.8. The number of rotatable bonds is 6. The Morgan fingerprint density at radius 2 is 1.90 bits per heavy atom. The Morgan fingerprint density at radius 1 is 1.23 bits per heavy atom. The molecule has 3 aromatic rings. The molecule has 2 N–H and O–H groups in total. The van der Waals surface area contributed by atoms with Crippen LogP contribution in [0.1, 0.15) is 6.92 Å². The standard InChI is InChI=1S/C19H15ClN4O7/c1-10(17(26)21-15-8-11(24(29)30)6-7-14(15)20)31-16(25)9-23-19(28)13-5-3-2-4-12(13)18(27)22-23/h2-8,10H,9H2,1H3,(H,21,26)(H,22,27). The van der Waals surface area contributed by atoms with Crippen molar-refractivity contribution in [3.8, 4) is 0 Å². The molecule has 0 bridgehead atoms. The number of esters is 1. The number of non-ortho nitro benzene ring substituents is 1. The average molecular weight is 447 g/mol. The van der Waals surface area contributed by atoms with E-state index in [2.05, 4.69) is 10.4 Å². The van der Waals surface area contributed by atoms with E-state index in [1.54, 1.807) is 12.1 Å². The normalized spacial score (nSPS) is 11.7. The number of aromatic nitrogens is 2. The first-order valence-corrected chi connectivity index (χ1v) is 9.21. The van der Waals surface area contributed by atoms with Crippen LogP contribution in [0.25, 0.3) is 10.8 Å². The summed E-state index contributed by atoms with van der Waals surface area (Å²) in [6, 6.07) is 9.59. The quantitative estimate of drug-likeness (QED) is 0.332. The molecular formula is C19H15ClN4O7. The number of halogens is 1. The van der Waals surface area contributed by atoms with Gasteiger partial charge in [-0.25, -0.2) is 4.68 Å². The number of carbonyl (C=O) groups excluding carboxylic acids is 2. The number of benzene rings is 2. The smallest absolute Gasteiger partial charge is 0.328 e. The van der Waals surface area contributed by atoms with Crippen molar-refractivity contribution in [1.29, 1.82) is 0 Å². The topological polar surface area (TPSA) is 153 Å². The molecule has 0 fully saturated rings. The van der Waals surface area contributed by atoms with Gasteiger partial charge < -0.3 is 10.1 Å². The number of fused-ring (bicyclic) bond motifs is 1. The Hall–Kier alpha value is -3.99. The molecule has 0 aliphatic heterocycles. The molecule has 1 amide bonds. The summed E-state index contributed by atoms with van der Waals surface area (Å²) >= 11 is 5.93. The summed E-state index contributed by atoms with van der Waals surface area (Å²) in [6.45, 7) is 0.637. The number of H-pyrrole nitrogens is 1. The van der Waals surface area contributed by atoms with Gasteiger partial charge in [0.15, 0.2) is 6.10 Å². The van der Waals surface area contributed by atoms with Crippen molar-refractivity contribution in [3.63, 3.8) is 0 Å². The molecule has 160 valence electrons. The van der Waals surface area contributed by atoms with Crippen molar-refractivity contribution in [3.05, 3.63) is 78.3 Å². The van der Waals surface area contributed by atoms with Gasteiger partial charge in [-0.1, -0.05) is 23.7 Å². The molecule has 0 radical (unpaired) electrons. The lowest BCUT2D eigenvalue weighted by atomic mass is 10.2. The first-order chi connectivity index (χ1) is 14.7. The Bertz CT molecular complexity index is 1310. The summed E-state index contributed by atoms with van der Waals surface area (Å²) in [6.07, 6.45) is -1.31. The molecule has 0 aliphatic rings. The number of nitro benzene ring substituents is 1. The summed E-state index contributed by atoms with van der Waals surface area (Å²) < 4.78 is 5.79. The lowest BCUT2D eigenvalue weighted by Crippen LogP contribution is -2.36. The van der Waals surface area contributed by atoms with Crippen LogP contribution in [0.3, 0.4) is 0 Å². The lowest BCUT2D eigenvalue weighted by Gasteiger charge is -2.14. The van der Waals surface area contributed by atoms with Crippen molar-refractivity contribution in [2.75, 3.05) is 5.32 Å². The number of aromatic amines is 1. The molecule has 1 unspecified atom stereocenters. The van der Waals surface area contributed by atoms with Crippen LogP contribution in [0.4, 0.5) is 11.4 Å². The van der Waals surface area contributed by atoms with E-state index in [0.717, 1.165) is 10.7 Å². The number of nitrogens with one attached hydrogen (secondary N) is 2. The second-order valence-corrected chi connectivity index (χ2v) is 6.83. The summed E-state index contributed by atoms with van der Waals surface area (Å²) in [4.78, 5) is 59.2. The van der Waals surface area contributed by atoms with Crippen LogP contribution in [-0.2, 0) is 20.9 Å². The molecule has 12 heteroatoms. The zero-order valence-electron chi connectivity index (χ0n) is 16.0. The zero-order chi connectivity index (χ0) is 22.7. The van der Waals surface area contributed by atoms with Crippen molar-refractivity contribution in [2.24, 2.45) is 0 Å². The molecule has 2 aromatic carbocycles. The predicted octanol–water partition coefficient (Wildman–Crippen LogP) is 1.82. The van der Waals surface area contributed by atoms with Crippen LogP contribution in [0.15, 0.2) is 52.1 Å². The monoisotopic (exact) mass is 446 g/mol. The van der Waals surface area contributed by atoms with Crippen molar-refractivity contribution >= 4 is 45.6 Å². The van der Waals surface area contributed by atoms with E-state index in [1.165, 1.54) is 31.2 Å². The molecule has 0 aliphatic carbocycles. The highest BCUT2D eigenvalue weighted by molar-refractivity contribution is 6.33. The van der Waals surface area contributed by atoms with Gasteiger partial charge in [0, 0.05) is 12.1 Å². The lowest BCUT2D eigenvalue weighted by molar-refractivity contribution is -0.384. The van der Waals surface area contributed by atoms with E-state index in [-0.39, 0.29) is 27.2 Å². The molecule has 0 saturated carbocycles. The van der Waals surface area contributed by atoms with Crippen LogP contribution in [0.5, 0.6) is 0 Å². The van der Waals surface area contributed by atoms with Crippen LogP contribution in [0.2, 0.25) is 5.02 Å². The third-order valence-corrected chi connectivity index (χ3v) is 4.60. The van der Waals surface area contributed by atoms with E-state index < -0.39 is 40.6 Å². The second-order valence-electron chi connectivity index (χ2n) is 6.42. The van der Waals surface area contributed by atoms with Crippen LogP contribution >= 0.6 is 11.6 Å². The van der Waals surface area contributed by atoms with Crippen molar-refractivity contribution < 1.29 is 19.2 Å². The predicted molar refractivity (Wildman–Crippen MR) is 111 cm³/mol. The highest BCUT2D eigenvalue weighted by Crippen LogP contribution is 2.26. The van der Waals surface area contributed by atoms with Gasteiger partial charge in [-0.2, -0.15) is 0 Å². The molecule has 1 atom stereocenters. The minimum absolute atomic E-state index is 0.0288. The Kier molecular flexibility index (Phi) is 6.16. The molecule has 1 aromatic heterocycles. The van der Waals surface area contributed by atoms with Gasteiger partial charge in [0.05, 0.1) is 26.4 Å². The highest BCUT2D eigenvalue weighted by atomic mass is 35.5. The minimum Gasteiger partial charge on any atom is -0.451 e. The fourth-order valence-corrected chi connectivity index (χ4v) is 2.90. The van der Waals surface area contributed by atoms with Gasteiger partial charge in [0.2, 0.25) is 0 Å². The number of ether oxygens (including phenoxy) is 1. The summed E-state index contributed by atoms with van der Waals surface area (Å²) in [7, 11) is 0. The maximum atomic E-state index is 12.4. The van der Waals surface area contributed by atoms with E-state index in [4.69, 9.17) is 16.3 Å².